The van der Waals surface area contributed by atoms with Crippen molar-refractivity contribution in [1.82, 2.24) is 19.9 Å². The highest BCUT2D eigenvalue weighted by Crippen LogP contribution is 2.25. The number of nitro benzene ring substituents is 1. The summed E-state index contributed by atoms with van der Waals surface area (Å²) in [5.41, 5.74) is 0.463. The van der Waals surface area contributed by atoms with E-state index in [9.17, 15) is 33.2 Å². The van der Waals surface area contributed by atoms with Crippen LogP contribution in [0.3, 0.4) is 0 Å². The number of rotatable bonds is 10. The number of aromatic nitrogens is 1. The predicted octanol–water partition coefficient (Wildman–Crippen LogP) is 2.72. The van der Waals surface area contributed by atoms with Crippen LogP contribution in [0.2, 0.25) is 0 Å². The van der Waals surface area contributed by atoms with E-state index in [2.05, 4.69) is 15.6 Å². The number of furan rings is 1. The molecule has 2 aromatic heterocycles. The van der Waals surface area contributed by atoms with Crippen LogP contribution in [-0.4, -0.2) is 70.8 Å². The van der Waals surface area contributed by atoms with Gasteiger partial charge in [0.15, 0.2) is 10.8 Å². The first kappa shape index (κ1) is 30.8. The molecule has 0 saturated carbocycles. The monoisotopic (exact) mass is 599 g/mol. The molecular formula is C28H33N5O8S. The average molecular weight is 600 g/mol. The first-order chi connectivity index (χ1) is 20.0. The van der Waals surface area contributed by atoms with E-state index < -0.39 is 44.9 Å². The van der Waals surface area contributed by atoms with Crippen molar-refractivity contribution in [2.75, 3.05) is 13.1 Å². The Morgan fingerprint density at radius 3 is 2.55 bits per heavy atom. The molecule has 1 aliphatic heterocycles. The summed E-state index contributed by atoms with van der Waals surface area (Å²) in [6.07, 6.45) is 1.23. The second-order valence-corrected chi connectivity index (χ2v) is 12.4. The SMILES string of the molecule is CC(C)C[C@H](NC(=O)c1ccc(-c2ccc([N+](=O)[O-])cc2)o1)C(=O)NC1CCCN(S(=O)(=O)c2ccccn2)CC1O. The molecule has 1 aliphatic rings. The number of amides is 2. The minimum Gasteiger partial charge on any atom is -0.451 e. The number of aliphatic hydroxyl groups is 1. The Balaban J connectivity index is 1.41. The molecule has 2 unspecified atom stereocenters. The summed E-state index contributed by atoms with van der Waals surface area (Å²) >= 11 is 0. The van der Waals surface area contributed by atoms with Gasteiger partial charge in [-0.3, -0.25) is 19.7 Å². The Morgan fingerprint density at radius 1 is 1.17 bits per heavy atom. The van der Waals surface area contributed by atoms with Crippen molar-refractivity contribution in [3.63, 3.8) is 0 Å². The summed E-state index contributed by atoms with van der Waals surface area (Å²) in [5.74, 6) is -0.824. The van der Waals surface area contributed by atoms with Crippen LogP contribution in [0.15, 0.2) is 70.2 Å². The number of nitrogens with zero attached hydrogens (tertiary/aromatic N) is 3. The third kappa shape index (κ3) is 7.38. The van der Waals surface area contributed by atoms with Gasteiger partial charge in [-0.1, -0.05) is 19.9 Å². The number of benzene rings is 1. The fraction of sp³-hybridized carbons (Fsp3) is 0.393. The number of nitrogens with one attached hydrogen (secondary N) is 2. The van der Waals surface area contributed by atoms with Gasteiger partial charge in [-0.15, -0.1) is 0 Å². The van der Waals surface area contributed by atoms with Crippen LogP contribution >= 0.6 is 0 Å². The van der Waals surface area contributed by atoms with Crippen LogP contribution in [0, 0.1) is 16.0 Å². The Morgan fingerprint density at radius 2 is 1.90 bits per heavy atom. The predicted molar refractivity (Wildman–Crippen MR) is 152 cm³/mol. The lowest BCUT2D eigenvalue weighted by atomic mass is 10.0. The highest BCUT2D eigenvalue weighted by molar-refractivity contribution is 7.89. The zero-order chi connectivity index (χ0) is 30.4. The van der Waals surface area contributed by atoms with Crippen LogP contribution in [0.4, 0.5) is 5.69 Å². The highest BCUT2D eigenvalue weighted by Gasteiger charge is 2.35. The molecular weight excluding hydrogens is 566 g/mol. The largest absolute Gasteiger partial charge is 0.451 e. The molecule has 0 aliphatic carbocycles. The number of aliphatic hydroxyl groups excluding tert-OH is 1. The number of hydrogen-bond donors (Lipinski definition) is 3. The summed E-state index contributed by atoms with van der Waals surface area (Å²) in [7, 11) is -3.92. The molecule has 4 rings (SSSR count). The minimum absolute atomic E-state index is 0.0337. The third-order valence-electron chi connectivity index (χ3n) is 6.87. The molecule has 3 N–H and O–H groups in total. The molecule has 42 heavy (non-hydrogen) atoms. The van der Waals surface area contributed by atoms with E-state index in [0.29, 0.717) is 30.6 Å². The van der Waals surface area contributed by atoms with Crippen molar-refractivity contribution in [2.24, 2.45) is 5.92 Å². The molecule has 1 saturated heterocycles. The fourth-order valence-electron chi connectivity index (χ4n) is 4.70. The molecule has 224 valence electrons. The van der Waals surface area contributed by atoms with Crippen molar-refractivity contribution >= 4 is 27.5 Å². The van der Waals surface area contributed by atoms with Crippen molar-refractivity contribution in [2.45, 2.75) is 56.3 Å². The van der Waals surface area contributed by atoms with Gasteiger partial charge in [0.1, 0.15) is 11.8 Å². The highest BCUT2D eigenvalue weighted by atomic mass is 32.2. The van der Waals surface area contributed by atoms with Crippen LogP contribution in [0.25, 0.3) is 11.3 Å². The summed E-state index contributed by atoms with van der Waals surface area (Å²) in [6.45, 7) is 3.73. The van der Waals surface area contributed by atoms with Crippen molar-refractivity contribution in [3.8, 4) is 11.3 Å². The third-order valence-corrected chi connectivity index (χ3v) is 8.65. The van der Waals surface area contributed by atoms with Gasteiger partial charge in [0.05, 0.1) is 17.1 Å². The summed E-state index contributed by atoms with van der Waals surface area (Å²) < 4.78 is 32.9. The molecule has 3 atom stereocenters. The van der Waals surface area contributed by atoms with E-state index in [4.69, 9.17) is 4.42 Å². The lowest BCUT2D eigenvalue weighted by Gasteiger charge is -2.27. The van der Waals surface area contributed by atoms with Crippen LogP contribution in [0.5, 0.6) is 0 Å². The van der Waals surface area contributed by atoms with Crippen LogP contribution in [-0.2, 0) is 14.8 Å². The van der Waals surface area contributed by atoms with Gasteiger partial charge in [0.25, 0.3) is 21.6 Å². The topological polar surface area (TPSA) is 185 Å². The van der Waals surface area contributed by atoms with E-state index in [1.165, 1.54) is 46.9 Å². The number of β-amino-alcohol motifs (C(OH)–C–C–N with tert-alkyl or cyclic N) is 1. The van der Waals surface area contributed by atoms with Gasteiger partial charge in [0.2, 0.25) is 5.91 Å². The van der Waals surface area contributed by atoms with E-state index >= 15 is 0 Å². The maximum atomic E-state index is 13.3. The number of carbonyl (C=O) groups is 2. The molecule has 0 spiro atoms. The van der Waals surface area contributed by atoms with E-state index in [0.717, 1.165) is 0 Å². The van der Waals surface area contributed by atoms with Gasteiger partial charge in [-0.2, -0.15) is 4.31 Å². The number of hydrogen-bond acceptors (Lipinski definition) is 9. The second-order valence-electron chi connectivity index (χ2n) is 10.5. The number of non-ortho nitro benzene ring substituents is 1. The Hall–Kier alpha value is -4.14. The molecule has 2 amide bonds. The molecule has 0 radical (unpaired) electrons. The lowest BCUT2D eigenvalue weighted by molar-refractivity contribution is -0.384. The maximum absolute atomic E-state index is 13.3. The summed E-state index contributed by atoms with van der Waals surface area (Å²) in [6, 6.07) is 11.6. The Bertz CT molecular complexity index is 1510. The first-order valence-electron chi connectivity index (χ1n) is 13.5. The number of pyridine rings is 1. The molecule has 1 aromatic carbocycles. The molecule has 13 nitrogen and oxygen atoms in total. The van der Waals surface area contributed by atoms with Crippen LogP contribution in [0.1, 0.15) is 43.7 Å². The van der Waals surface area contributed by atoms with Gasteiger partial charge in [0, 0.05) is 37.0 Å². The van der Waals surface area contributed by atoms with Gasteiger partial charge in [-0.05, 0) is 61.6 Å². The van der Waals surface area contributed by atoms with Crippen molar-refractivity contribution in [3.05, 3.63) is 76.7 Å². The maximum Gasteiger partial charge on any atom is 0.287 e. The van der Waals surface area contributed by atoms with Gasteiger partial charge < -0.3 is 20.2 Å². The Kier molecular flexibility index (Phi) is 9.70. The molecule has 14 heteroatoms. The summed E-state index contributed by atoms with van der Waals surface area (Å²) in [5, 5.41) is 27.2. The van der Waals surface area contributed by atoms with Gasteiger partial charge in [-0.25, -0.2) is 13.4 Å². The molecule has 3 heterocycles. The minimum atomic E-state index is -3.92. The van der Waals surface area contributed by atoms with E-state index in [-0.39, 0.29) is 35.5 Å². The second kappa shape index (κ2) is 13.2. The molecule has 0 bridgehead atoms. The quantitative estimate of drug-likeness (QED) is 0.233. The molecule has 1 fully saturated rings. The van der Waals surface area contributed by atoms with Gasteiger partial charge >= 0.3 is 0 Å². The summed E-state index contributed by atoms with van der Waals surface area (Å²) in [4.78, 5) is 40.7. The molecule has 3 aromatic rings. The fourth-order valence-corrected chi connectivity index (χ4v) is 6.13. The number of carbonyl (C=O) groups excluding carboxylic acids is 2. The van der Waals surface area contributed by atoms with Crippen molar-refractivity contribution in [1.29, 1.82) is 0 Å². The average Bonchev–Trinajstić information content (AvgIpc) is 3.39. The van der Waals surface area contributed by atoms with Crippen molar-refractivity contribution < 1.29 is 32.5 Å². The first-order valence-corrected chi connectivity index (χ1v) is 14.9. The van der Waals surface area contributed by atoms with E-state index in [1.807, 2.05) is 13.8 Å². The Labute approximate surface area is 243 Å². The smallest absolute Gasteiger partial charge is 0.287 e. The zero-order valence-electron chi connectivity index (χ0n) is 23.2. The zero-order valence-corrected chi connectivity index (χ0v) is 24.0. The van der Waals surface area contributed by atoms with Crippen LogP contribution < -0.4 is 10.6 Å². The normalized spacial score (nSPS) is 18.7. The van der Waals surface area contributed by atoms with E-state index in [1.54, 1.807) is 18.2 Å². The standard InChI is InChI=1S/C28H33N5O8S/c1-18(2)16-22(31-28(36)25-13-12-24(41-25)19-8-10-20(11-9-19)33(37)38)27(35)30-21-6-5-15-32(17-23(21)34)42(39,40)26-7-3-4-14-29-26/h3-4,7-14,18,21-23,34H,5-6,15-17H2,1-2H3,(H,30,35)(H,31,36)/t21?,22-,23?/m0/s1. The number of sulfonamides is 1. The number of nitro groups is 1. The lowest BCUT2D eigenvalue weighted by Crippen LogP contribution is -2.54.